The Balaban J connectivity index is 2.19. The lowest BCUT2D eigenvalue weighted by Crippen LogP contribution is -1.94. The van der Waals surface area contributed by atoms with E-state index in [1.165, 1.54) is 0 Å². The van der Waals surface area contributed by atoms with Gasteiger partial charge in [-0.25, -0.2) is 4.98 Å². The highest BCUT2D eigenvalue weighted by molar-refractivity contribution is 5.80. The molecule has 0 spiro atoms. The van der Waals surface area contributed by atoms with Crippen molar-refractivity contribution in [2.45, 2.75) is 6.42 Å². The normalized spacial score (nSPS) is 10.5. The molecule has 0 fully saturated rings. The summed E-state index contributed by atoms with van der Waals surface area (Å²) in [5.74, 6) is 0.838. The van der Waals surface area contributed by atoms with Crippen LogP contribution < -0.4 is 0 Å². The number of benzene rings is 1. The summed E-state index contributed by atoms with van der Waals surface area (Å²) in [5, 5.41) is 8.76. The number of fused-ring (bicyclic) bond motifs is 1. The number of aryl methyl sites for hydroxylation is 1. The molecule has 0 radical (unpaired) electrons. The Hall–Kier alpha value is -2.67. The molecule has 0 bridgehead atoms. The maximum absolute atomic E-state index is 8.76. The van der Waals surface area contributed by atoms with E-state index in [1.807, 2.05) is 48.0 Å². The first-order valence-corrected chi connectivity index (χ1v) is 6.03. The fourth-order valence-electron chi connectivity index (χ4n) is 2.16. The highest BCUT2D eigenvalue weighted by Crippen LogP contribution is 2.22. The molecule has 0 saturated heterocycles. The van der Waals surface area contributed by atoms with Crippen LogP contribution in [0.1, 0.15) is 5.56 Å². The average molecular weight is 248 g/mol. The van der Waals surface area contributed by atoms with Gasteiger partial charge in [-0.1, -0.05) is 12.1 Å². The molecule has 3 rings (SSSR count). The number of nitrogens with zero attached hydrogens (tertiary/aromatic N) is 4. The number of aromatic nitrogens is 3. The maximum atomic E-state index is 8.76. The summed E-state index contributed by atoms with van der Waals surface area (Å²) < 4.78 is 2.01. The molecule has 0 aliphatic carbocycles. The van der Waals surface area contributed by atoms with Crippen LogP contribution in [-0.4, -0.2) is 14.5 Å². The summed E-state index contributed by atoms with van der Waals surface area (Å²) in [6.07, 6.45) is 2.18. The topological polar surface area (TPSA) is 54.5 Å². The molecule has 0 N–H and O–H groups in total. The second kappa shape index (κ2) is 4.54. The Bertz CT molecular complexity index is 766. The highest BCUT2D eigenvalue weighted by Gasteiger charge is 2.10. The van der Waals surface area contributed by atoms with E-state index in [1.54, 1.807) is 6.20 Å². The second-order valence-electron chi connectivity index (χ2n) is 4.37. The Kier molecular flexibility index (Phi) is 2.73. The van der Waals surface area contributed by atoms with E-state index < -0.39 is 0 Å². The third-order valence-corrected chi connectivity index (χ3v) is 3.12. The summed E-state index contributed by atoms with van der Waals surface area (Å²) in [6.45, 7) is 0. The van der Waals surface area contributed by atoms with Gasteiger partial charge in [0.25, 0.3) is 0 Å². The maximum Gasteiger partial charge on any atom is 0.159 e. The number of pyridine rings is 1. The van der Waals surface area contributed by atoms with Gasteiger partial charge in [0.1, 0.15) is 5.69 Å². The van der Waals surface area contributed by atoms with Crippen LogP contribution in [0.15, 0.2) is 42.6 Å². The van der Waals surface area contributed by atoms with Gasteiger partial charge in [-0.2, -0.15) is 5.26 Å². The van der Waals surface area contributed by atoms with Crippen LogP contribution >= 0.6 is 0 Å². The first-order valence-electron chi connectivity index (χ1n) is 6.03. The minimum Gasteiger partial charge on any atom is -0.326 e. The van der Waals surface area contributed by atoms with E-state index in [0.29, 0.717) is 6.42 Å². The van der Waals surface area contributed by atoms with Gasteiger partial charge in [0.05, 0.1) is 23.5 Å². The molecule has 0 amide bonds. The molecule has 2 heterocycles. The predicted molar refractivity (Wildman–Crippen MR) is 73.3 cm³/mol. The third-order valence-electron chi connectivity index (χ3n) is 3.12. The average Bonchev–Trinajstić information content (AvgIpc) is 2.78. The molecule has 0 aliphatic rings. The fraction of sp³-hybridized carbons (Fsp3) is 0.133. The molecule has 0 saturated carbocycles. The molecule has 0 atom stereocenters. The molecular formula is C15H12N4. The van der Waals surface area contributed by atoms with Gasteiger partial charge < -0.3 is 4.57 Å². The zero-order valence-electron chi connectivity index (χ0n) is 10.5. The fourth-order valence-corrected chi connectivity index (χ4v) is 2.16. The van der Waals surface area contributed by atoms with Crippen molar-refractivity contribution >= 4 is 11.0 Å². The van der Waals surface area contributed by atoms with E-state index in [-0.39, 0.29) is 0 Å². The summed E-state index contributed by atoms with van der Waals surface area (Å²) in [7, 11) is 1.97. The lowest BCUT2D eigenvalue weighted by molar-refractivity contribution is 0.949. The molecule has 92 valence electrons. The van der Waals surface area contributed by atoms with E-state index in [4.69, 9.17) is 5.26 Å². The smallest absolute Gasteiger partial charge is 0.159 e. The molecule has 4 nitrogen and oxygen atoms in total. The first-order chi connectivity index (χ1) is 9.29. The Labute approximate surface area is 111 Å². The van der Waals surface area contributed by atoms with Crippen LogP contribution in [0.5, 0.6) is 0 Å². The van der Waals surface area contributed by atoms with Gasteiger partial charge in [-0.3, -0.25) is 4.98 Å². The minimum atomic E-state index is 0.417. The van der Waals surface area contributed by atoms with Crippen LogP contribution in [-0.2, 0) is 13.5 Å². The Morgan fingerprint density at radius 2 is 2.16 bits per heavy atom. The molecule has 19 heavy (non-hydrogen) atoms. The van der Waals surface area contributed by atoms with Crippen molar-refractivity contribution in [2.75, 3.05) is 0 Å². The number of rotatable bonds is 2. The van der Waals surface area contributed by atoms with Crippen LogP contribution in [0, 0.1) is 11.3 Å². The minimum absolute atomic E-state index is 0.417. The highest BCUT2D eigenvalue weighted by atomic mass is 15.1. The Morgan fingerprint density at radius 1 is 1.26 bits per heavy atom. The number of imidazole rings is 1. The van der Waals surface area contributed by atoms with E-state index in [0.717, 1.165) is 28.1 Å². The van der Waals surface area contributed by atoms with E-state index in [9.17, 15) is 0 Å². The molecule has 2 aromatic heterocycles. The van der Waals surface area contributed by atoms with Gasteiger partial charge >= 0.3 is 0 Å². The second-order valence-corrected chi connectivity index (χ2v) is 4.37. The third kappa shape index (κ3) is 1.95. The van der Waals surface area contributed by atoms with E-state index >= 15 is 0 Å². The van der Waals surface area contributed by atoms with Gasteiger partial charge in [-0.05, 0) is 29.8 Å². The summed E-state index contributed by atoms with van der Waals surface area (Å²) >= 11 is 0. The van der Waals surface area contributed by atoms with Crippen molar-refractivity contribution in [1.82, 2.24) is 14.5 Å². The summed E-state index contributed by atoms with van der Waals surface area (Å²) in [6, 6.07) is 13.8. The van der Waals surface area contributed by atoms with Crippen molar-refractivity contribution < 1.29 is 0 Å². The molecule has 0 aliphatic heterocycles. The molecule has 0 unspecified atom stereocenters. The van der Waals surface area contributed by atoms with Crippen molar-refractivity contribution in [3.63, 3.8) is 0 Å². The molecule has 1 aromatic carbocycles. The number of hydrogen-bond donors (Lipinski definition) is 0. The van der Waals surface area contributed by atoms with Crippen LogP contribution in [0.3, 0.4) is 0 Å². The van der Waals surface area contributed by atoms with Crippen molar-refractivity contribution in [2.24, 2.45) is 7.05 Å². The van der Waals surface area contributed by atoms with E-state index in [2.05, 4.69) is 16.0 Å². The zero-order valence-corrected chi connectivity index (χ0v) is 10.5. The Morgan fingerprint density at radius 3 is 2.89 bits per heavy atom. The van der Waals surface area contributed by atoms with Gasteiger partial charge in [0, 0.05) is 13.2 Å². The molecular weight excluding hydrogens is 236 g/mol. The lowest BCUT2D eigenvalue weighted by Gasteiger charge is -2.01. The van der Waals surface area contributed by atoms with Crippen molar-refractivity contribution in [1.29, 1.82) is 5.26 Å². The predicted octanol–water partition coefficient (Wildman–Crippen LogP) is 2.70. The largest absolute Gasteiger partial charge is 0.326 e. The molecule has 3 aromatic rings. The lowest BCUT2D eigenvalue weighted by atomic mass is 10.1. The number of nitriles is 1. The van der Waals surface area contributed by atoms with Gasteiger partial charge in [0.2, 0.25) is 0 Å². The monoisotopic (exact) mass is 248 g/mol. The number of hydrogen-bond acceptors (Lipinski definition) is 3. The summed E-state index contributed by atoms with van der Waals surface area (Å²) in [5.41, 5.74) is 3.80. The van der Waals surface area contributed by atoms with Crippen molar-refractivity contribution in [3.05, 3.63) is 48.2 Å². The quantitative estimate of drug-likeness (QED) is 0.700. The van der Waals surface area contributed by atoms with Crippen LogP contribution in [0.4, 0.5) is 0 Å². The van der Waals surface area contributed by atoms with Crippen LogP contribution in [0.2, 0.25) is 0 Å². The standard InChI is InChI=1S/C15H12N4/c1-19-14-10-11(7-8-16)5-6-12(14)18-15(19)13-4-2-3-9-17-13/h2-6,9-10H,7H2,1H3. The van der Waals surface area contributed by atoms with Gasteiger partial charge in [-0.15, -0.1) is 0 Å². The van der Waals surface area contributed by atoms with Crippen molar-refractivity contribution in [3.8, 4) is 17.6 Å². The van der Waals surface area contributed by atoms with Gasteiger partial charge in [0.15, 0.2) is 5.82 Å². The van der Waals surface area contributed by atoms with Crippen LogP contribution in [0.25, 0.3) is 22.6 Å². The SMILES string of the molecule is Cn1c(-c2ccccn2)nc2ccc(CC#N)cc21. The summed E-state index contributed by atoms with van der Waals surface area (Å²) in [4.78, 5) is 8.93. The first kappa shape index (κ1) is 11.4. The zero-order chi connectivity index (χ0) is 13.2. The molecule has 4 heteroatoms.